The van der Waals surface area contributed by atoms with Gasteiger partial charge in [0.15, 0.2) is 0 Å². The van der Waals surface area contributed by atoms with Gasteiger partial charge in [0.05, 0.1) is 0 Å². The molecule has 1 N–H and O–H groups in total. The third kappa shape index (κ3) is 2.72. The van der Waals surface area contributed by atoms with E-state index in [9.17, 15) is 9.59 Å². The Labute approximate surface area is 112 Å². The average Bonchev–Trinajstić information content (AvgIpc) is 2.32. The van der Waals surface area contributed by atoms with Gasteiger partial charge < -0.3 is 4.90 Å². The molecular formula is C13H22N4O2. The lowest BCUT2D eigenvalue weighted by Crippen LogP contribution is -2.43. The highest BCUT2D eigenvalue weighted by atomic mass is 16.2. The number of hydrogen-bond acceptors (Lipinski definition) is 4. The van der Waals surface area contributed by atoms with Crippen LogP contribution in [0.15, 0.2) is 9.59 Å². The topological polar surface area (TPSA) is 71.0 Å². The molecule has 106 valence electrons. The highest BCUT2D eigenvalue weighted by Gasteiger charge is 2.27. The molecule has 1 saturated carbocycles. The molecule has 0 saturated heterocycles. The van der Waals surface area contributed by atoms with Crippen LogP contribution in [0, 0.1) is 11.8 Å². The molecule has 0 radical (unpaired) electrons. The zero-order valence-electron chi connectivity index (χ0n) is 12.0. The Kier molecular flexibility index (Phi) is 3.78. The van der Waals surface area contributed by atoms with Crippen molar-refractivity contribution in [1.29, 1.82) is 0 Å². The molecule has 1 fully saturated rings. The van der Waals surface area contributed by atoms with Crippen molar-refractivity contribution in [2.75, 3.05) is 19.0 Å². The van der Waals surface area contributed by atoms with Crippen LogP contribution in [0.3, 0.4) is 0 Å². The van der Waals surface area contributed by atoms with Crippen molar-refractivity contribution in [2.45, 2.75) is 39.2 Å². The van der Waals surface area contributed by atoms with Gasteiger partial charge in [0.2, 0.25) is 5.95 Å². The van der Waals surface area contributed by atoms with Crippen LogP contribution in [0.2, 0.25) is 0 Å². The van der Waals surface area contributed by atoms with E-state index in [-0.39, 0.29) is 11.7 Å². The number of nitrogens with one attached hydrogen (secondary N) is 1. The fraction of sp³-hybridized carbons (Fsp3) is 0.769. The maximum Gasteiger partial charge on any atom is 0.355 e. The predicted octanol–water partition coefficient (Wildman–Crippen LogP) is 0.995. The number of hydrogen-bond donors (Lipinski definition) is 1. The molecule has 0 amide bonds. The van der Waals surface area contributed by atoms with Crippen LogP contribution in [-0.4, -0.2) is 28.6 Å². The lowest BCUT2D eigenvalue weighted by molar-refractivity contribution is 0.202. The molecule has 6 nitrogen and oxygen atoms in total. The van der Waals surface area contributed by atoms with Gasteiger partial charge in [0.1, 0.15) is 0 Å². The van der Waals surface area contributed by atoms with Crippen molar-refractivity contribution in [3.8, 4) is 0 Å². The molecule has 3 unspecified atom stereocenters. The van der Waals surface area contributed by atoms with E-state index in [0.717, 1.165) is 19.3 Å². The van der Waals surface area contributed by atoms with Gasteiger partial charge in [-0.1, -0.05) is 13.8 Å². The first-order chi connectivity index (χ1) is 8.90. The van der Waals surface area contributed by atoms with Gasteiger partial charge in [0, 0.05) is 20.1 Å². The maximum atomic E-state index is 12.1. The standard InChI is InChI=1S/C13H22N4O2/c1-8-5-6-10(7-9(8)2)17-12(18)14-11(16(3)4)15-13(17)19/h8-10H,5-7H2,1-4H3,(H,14,15,18,19). The first kappa shape index (κ1) is 13.8. The number of aromatic nitrogens is 3. The van der Waals surface area contributed by atoms with Crippen LogP contribution in [0.25, 0.3) is 0 Å². The molecule has 1 aliphatic carbocycles. The first-order valence-electron chi connectivity index (χ1n) is 6.80. The highest BCUT2D eigenvalue weighted by molar-refractivity contribution is 5.23. The Morgan fingerprint density at radius 2 is 1.89 bits per heavy atom. The van der Waals surface area contributed by atoms with Gasteiger partial charge in [-0.15, -0.1) is 0 Å². The number of nitrogens with zero attached hydrogens (tertiary/aromatic N) is 3. The van der Waals surface area contributed by atoms with Gasteiger partial charge in [-0.25, -0.2) is 14.2 Å². The van der Waals surface area contributed by atoms with E-state index >= 15 is 0 Å². The van der Waals surface area contributed by atoms with Crippen LogP contribution in [-0.2, 0) is 0 Å². The molecule has 3 atom stereocenters. The summed E-state index contributed by atoms with van der Waals surface area (Å²) in [4.78, 5) is 32.4. The average molecular weight is 266 g/mol. The summed E-state index contributed by atoms with van der Waals surface area (Å²) in [6, 6.07) is -0.0221. The SMILES string of the molecule is CC1CCC(n2c(=O)nc(N(C)C)[nH]c2=O)CC1C. The smallest absolute Gasteiger partial charge is 0.348 e. The van der Waals surface area contributed by atoms with Gasteiger partial charge in [-0.3, -0.25) is 4.98 Å². The Morgan fingerprint density at radius 3 is 2.42 bits per heavy atom. The second-order valence-corrected chi connectivity index (χ2v) is 5.83. The van der Waals surface area contributed by atoms with Crippen molar-refractivity contribution < 1.29 is 0 Å². The van der Waals surface area contributed by atoms with E-state index in [1.165, 1.54) is 4.57 Å². The van der Waals surface area contributed by atoms with Crippen LogP contribution < -0.4 is 16.3 Å². The highest BCUT2D eigenvalue weighted by Crippen LogP contribution is 2.34. The number of rotatable bonds is 2. The zero-order valence-corrected chi connectivity index (χ0v) is 12.0. The molecule has 1 aliphatic rings. The van der Waals surface area contributed by atoms with Crippen LogP contribution in [0.4, 0.5) is 5.95 Å². The largest absolute Gasteiger partial charge is 0.355 e. The minimum absolute atomic E-state index is 0.0221. The fourth-order valence-corrected chi connectivity index (χ4v) is 2.70. The minimum atomic E-state index is -0.445. The van der Waals surface area contributed by atoms with E-state index in [1.807, 2.05) is 0 Å². The Bertz CT molecular complexity index is 529. The number of anilines is 1. The summed E-state index contributed by atoms with van der Waals surface area (Å²) in [6.45, 7) is 4.40. The lowest BCUT2D eigenvalue weighted by atomic mass is 9.79. The second-order valence-electron chi connectivity index (χ2n) is 5.83. The third-order valence-corrected chi connectivity index (χ3v) is 4.20. The molecule has 0 spiro atoms. The minimum Gasteiger partial charge on any atom is -0.348 e. The molecule has 2 rings (SSSR count). The van der Waals surface area contributed by atoms with Crippen LogP contribution in [0.5, 0.6) is 0 Å². The van der Waals surface area contributed by atoms with Crippen molar-refractivity contribution in [1.82, 2.24) is 14.5 Å². The van der Waals surface area contributed by atoms with Crippen molar-refractivity contribution in [2.24, 2.45) is 11.8 Å². The molecule has 1 aromatic rings. The number of H-pyrrole nitrogens is 1. The van der Waals surface area contributed by atoms with E-state index in [4.69, 9.17) is 0 Å². The maximum absolute atomic E-state index is 12.1. The summed E-state index contributed by atoms with van der Waals surface area (Å²) in [5, 5.41) is 0. The monoisotopic (exact) mass is 266 g/mol. The molecule has 0 aliphatic heterocycles. The van der Waals surface area contributed by atoms with E-state index < -0.39 is 5.69 Å². The molecule has 0 bridgehead atoms. The number of aromatic amines is 1. The third-order valence-electron chi connectivity index (χ3n) is 4.20. The fourth-order valence-electron chi connectivity index (χ4n) is 2.70. The molecular weight excluding hydrogens is 244 g/mol. The molecule has 1 aromatic heterocycles. The first-order valence-corrected chi connectivity index (χ1v) is 6.80. The van der Waals surface area contributed by atoms with E-state index in [2.05, 4.69) is 23.8 Å². The normalized spacial score (nSPS) is 27.3. The zero-order chi connectivity index (χ0) is 14.2. The summed E-state index contributed by atoms with van der Waals surface area (Å²) < 4.78 is 1.29. The summed E-state index contributed by atoms with van der Waals surface area (Å²) in [5.74, 6) is 1.49. The van der Waals surface area contributed by atoms with Crippen molar-refractivity contribution in [3.05, 3.63) is 21.0 Å². The molecule has 6 heteroatoms. The molecule has 0 aromatic carbocycles. The van der Waals surface area contributed by atoms with Crippen molar-refractivity contribution in [3.63, 3.8) is 0 Å². The van der Waals surface area contributed by atoms with Crippen molar-refractivity contribution >= 4 is 5.95 Å². The second kappa shape index (κ2) is 5.19. The summed E-state index contributed by atoms with van der Waals surface area (Å²) in [6.07, 6.45) is 2.79. The summed E-state index contributed by atoms with van der Waals surface area (Å²) >= 11 is 0. The molecule has 19 heavy (non-hydrogen) atoms. The quantitative estimate of drug-likeness (QED) is 0.866. The van der Waals surface area contributed by atoms with Gasteiger partial charge in [-0.2, -0.15) is 4.98 Å². The summed E-state index contributed by atoms with van der Waals surface area (Å²) in [7, 11) is 3.48. The van der Waals surface area contributed by atoms with E-state index in [1.54, 1.807) is 19.0 Å². The van der Waals surface area contributed by atoms with Crippen LogP contribution >= 0.6 is 0 Å². The van der Waals surface area contributed by atoms with Gasteiger partial charge in [0.25, 0.3) is 0 Å². The van der Waals surface area contributed by atoms with E-state index in [0.29, 0.717) is 17.8 Å². The Morgan fingerprint density at radius 1 is 1.21 bits per heavy atom. The lowest BCUT2D eigenvalue weighted by Gasteiger charge is -2.32. The predicted molar refractivity (Wildman–Crippen MR) is 74.7 cm³/mol. The van der Waals surface area contributed by atoms with Crippen LogP contribution in [0.1, 0.15) is 39.2 Å². The molecule has 1 heterocycles. The van der Waals surface area contributed by atoms with Gasteiger partial charge >= 0.3 is 11.4 Å². The Balaban J connectivity index is 2.36. The van der Waals surface area contributed by atoms with Gasteiger partial charge in [-0.05, 0) is 31.1 Å². The summed E-state index contributed by atoms with van der Waals surface area (Å²) in [5.41, 5.74) is -0.797. The Hall–Kier alpha value is -1.59.